The molecule has 7 nitrogen and oxygen atoms in total. The van der Waals surface area contributed by atoms with E-state index in [2.05, 4.69) is 25.4 Å². The zero-order valence-corrected chi connectivity index (χ0v) is 13.8. The average Bonchev–Trinajstić information content (AvgIpc) is 3.28. The Balaban J connectivity index is 1.41. The molecular formula is C17H15F2N5O2. The molecule has 9 heteroatoms. The maximum Gasteiger partial charge on any atom is 0.314 e. The van der Waals surface area contributed by atoms with Gasteiger partial charge in [0.05, 0.1) is 29.3 Å². The summed E-state index contributed by atoms with van der Waals surface area (Å²) in [4.78, 5) is 6.35. The lowest BCUT2D eigenvalue weighted by Crippen LogP contribution is -2.15. The van der Waals surface area contributed by atoms with Gasteiger partial charge in [0.2, 0.25) is 5.89 Å². The molecule has 0 spiro atoms. The van der Waals surface area contributed by atoms with Crippen LogP contribution in [0, 0.1) is 0 Å². The summed E-state index contributed by atoms with van der Waals surface area (Å²) >= 11 is 0. The van der Waals surface area contributed by atoms with Crippen molar-refractivity contribution in [3.8, 4) is 17.2 Å². The Morgan fingerprint density at radius 1 is 1.27 bits per heavy atom. The second kappa shape index (κ2) is 6.58. The summed E-state index contributed by atoms with van der Waals surface area (Å²) in [6, 6.07) is 9.24. The number of ether oxygens (including phenoxy) is 1. The van der Waals surface area contributed by atoms with Crippen molar-refractivity contribution < 1.29 is 17.9 Å². The highest BCUT2D eigenvalue weighted by atomic mass is 19.3. The normalized spacial score (nSPS) is 13.0. The monoisotopic (exact) mass is 359 g/mol. The van der Waals surface area contributed by atoms with Crippen LogP contribution in [0.3, 0.4) is 0 Å². The first-order valence-electron chi connectivity index (χ1n) is 7.89. The molecule has 1 N–H and O–H groups in total. The molecular weight excluding hydrogens is 344 g/mol. The van der Waals surface area contributed by atoms with Gasteiger partial charge in [-0.3, -0.25) is 4.98 Å². The molecule has 1 aliphatic heterocycles. The van der Waals surface area contributed by atoms with E-state index in [9.17, 15) is 8.78 Å². The Morgan fingerprint density at radius 3 is 2.88 bits per heavy atom. The zero-order valence-electron chi connectivity index (χ0n) is 13.8. The number of rotatable bonds is 5. The van der Waals surface area contributed by atoms with Crippen LogP contribution < -0.4 is 15.0 Å². The molecule has 3 heterocycles. The molecule has 1 aliphatic rings. The van der Waals surface area contributed by atoms with E-state index in [1.807, 2.05) is 25.2 Å². The Morgan fingerprint density at radius 2 is 2.15 bits per heavy atom. The van der Waals surface area contributed by atoms with Gasteiger partial charge in [0.25, 0.3) is 5.89 Å². The average molecular weight is 359 g/mol. The van der Waals surface area contributed by atoms with Gasteiger partial charge in [-0.1, -0.05) is 0 Å². The maximum absolute atomic E-state index is 12.5. The van der Waals surface area contributed by atoms with Crippen molar-refractivity contribution >= 4 is 11.4 Å². The number of aromatic nitrogens is 3. The minimum atomic E-state index is -2.79. The van der Waals surface area contributed by atoms with Crippen molar-refractivity contribution in [3.63, 3.8) is 0 Å². The van der Waals surface area contributed by atoms with Gasteiger partial charge < -0.3 is 19.4 Å². The minimum absolute atomic E-state index is 0.00841. The van der Waals surface area contributed by atoms with E-state index in [1.54, 1.807) is 12.1 Å². The number of benzene rings is 1. The molecule has 3 aromatic rings. The fourth-order valence-corrected chi connectivity index (χ4v) is 2.60. The van der Waals surface area contributed by atoms with Gasteiger partial charge in [-0.2, -0.15) is 8.78 Å². The third kappa shape index (κ3) is 3.15. The third-order valence-electron chi connectivity index (χ3n) is 3.97. The number of anilines is 2. The molecule has 0 saturated heterocycles. The molecule has 0 atom stereocenters. The fraction of sp³-hybridized carbons (Fsp3) is 0.235. The first kappa shape index (κ1) is 16.2. The lowest BCUT2D eigenvalue weighted by atomic mass is 10.2. The maximum atomic E-state index is 12.5. The highest BCUT2D eigenvalue weighted by Gasteiger charge is 2.17. The summed E-state index contributed by atoms with van der Waals surface area (Å²) < 4.78 is 35.6. The quantitative estimate of drug-likeness (QED) is 0.747. The first-order chi connectivity index (χ1) is 12.6. The molecule has 26 heavy (non-hydrogen) atoms. The standard InChI is InChI=1S/C17H15F2N5O2/c1-24-9-21-13-6-12(4-5-14(13)24)25-8-11-3-2-10(7-20-11)16-22-23-17(26-16)15(18)19/h2-7,15,21H,8-9H2,1H3. The Labute approximate surface area is 147 Å². The highest BCUT2D eigenvalue weighted by molar-refractivity contribution is 5.75. The lowest BCUT2D eigenvalue weighted by Gasteiger charge is -2.11. The van der Waals surface area contributed by atoms with Crippen molar-refractivity contribution in [2.75, 3.05) is 23.9 Å². The van der Waals surface area contributed by atoms with E-state index in [0.29, 0.717) is 11.3 Å². The predicted octanol–water partition coefficient (Wildman–Crippen LogP) is 3.47. The van der Waals surface area contributed by atoms with Crippen LogP contribution in [-0.2, 0) is 6.61 Å². The number of nitrogens with zero attached hydrogens (tertiary/aromatic N) is 4. The summed E-state index contributed by atoms with van der Waals surface area (Å²) in [7, 11) is 2.01. The summed E-state index contributed by atoms with van der Waals surface area (Å²) in [5.74, 6) is 0.0354. The van der Waals surface area contributed by atoms with Crippen LogP contribution in [0.4, 0.5) is 20.2 Å². The Bertz CT molecular complexity index is 914. The molecule has 0 amide bonds. The molecule has 0 bridgehead atoms. The van der Waals surface area contributed by atoms with Crippen molar-refractivity contribution in [3.05, 3.63) is 48.1 Å². The smallest absolute Gasteiger partial charge is 0.314 e. The Kier molecular flexibility index (Phi) is 4.11. The summed E-state index contributed by atoms with van der Waals surface area (Å²) in [6.07, 6.45) is -1.31. The largest absolute Gasteiger partial charge is 0.487 e. The van der Waals surface area contributed by atoms with Crippen LogP contribution in [-0.4, -0.2) is 28.9 Å². The van der Waals surface area contributed by atoms with Crippen molar-refractivity contribution in [2.45, 2.75) is 13.0 Å². The van der Waals surface area contributed by atoms with Crippen LogP contribution in [0.1, 0.15) is 18.0 Å². The SMILES string of the molecule is CN1CNc2cc(OCc3ccc(-c4nnc(C(F)F)o4)cn3)ccc21. The van der Waals surface area contributed by atoms with Crippen molar-refractivity contribution in [1.82, 2.24) is 15.2 Å². The first-order valence-corrected chi connectivity index (χ1v) is 7.89. The van der Waals surface area contributed by atoms with Crippen molar-refractivity contribution in [2.24, 2.45) is 0 Å². The summed E-state index contributed by atoms with van der Waals surface area (Å²) in [5.41, 5.74) is 3.31. The molecule has 1 aromatic carbocycles. The van der Waals surface area contributed by atoms with E-state index >= 15 is 0 Å². The van der Waals surface area contributed by atoms with E-state index in [-0.39, 0.29) is 12.5 Å². The second-order valence-electron chi connectivity index (χ2n) is 5.78. The number of hydrogen-bond acceptors (Lipinski definition) is 7. The molecule has 0 aliphatic carbocycles. The number of hydrogen-bond donors (Lipinski definition) is 1. The Hall–Kier alpha value is -3.23. The molecule has 0 fully saturated rings. The van der Waals surface area contributed by atoms with Gasteiger partial charge in [0.15, 0.2) is 0 Å². The van der Waals surface area contributed by atoms with Gasteiger partial charge >= 0.3 is 6.43 Å². The van der Waals surface area contributed by atoms with Gasteiger partial charge in [0.1, 0.15) is 12.4 Å². The summed E-state index contributed by atoms with van der Waals surface area (Å²) in [6.45, 7) is 1.05. The van der Waals surface area contributed by atoms with Gasteiger partial charge in [-0.15, -0.1) is 10.2 Å². The van der Waals surface area contributed by atoms with E-state index in [4.69, 9.17) is 9.15 Å². The number of fused-ring (bicyclic) bond motifs is 1. The second-order valence-corrected chi connectivity index (χ2v) is 5.78. The highest BCUT2D eigenvalue weighted by Crippen LogP contribution is 2.33. The number of nitrogens with one attached hydrogen (secondary N) is 1. The van der Waals surface area contributed by atoms with Crippen LogP contribution in [0.2, 0.25) is 0 Å². The lowest BCUT2D eigenvalue weighted by molar-refractivity contribution is 0.116. The van der Waals surface area contributed by atoms with Gasteiger partial charge in [0, 0.05) is 19.3 Å². The molecule has 2 aromatic heterocycles. The van der Waals surface area contributed by atoms with Crippen LogP contribution in [0.5, 0.6) is 5.75 Å². The summed E-state index contributed by atoms with van der Waals surface area (Å²) in [5, 5.41) is 10.2. The van der Waals surface area contributed by atoms with E-state index in [1.165, 1.54) is 6.20 Å². The molecule has 0 unspecified atom stereocenters. The number of pyridine rings is 1. The number of alkyl halides is 2. The molecule has 0 radical (unpaired) electrons. The van der Waals surface area contributed by atoms with Crippen LogP contribution in [0.15, 0.2) is 40.9 Å². The van der Waals surface area contributed by atoms with Gasteiger partial charge in [-0.05, 0) is 24.3 Å². The molecule has 134 valence electrons. The molecule has 0 saturated carbocycles. The van der Waals surface area contributed by atoms with E-state index < -0.39 is 12.3 Å². The van der Waals surface area contributed by atoms with Crippen LogP contribution in [0.25, 0.3) is 11.5 Å². The van der Waals surface area contributed by atoms with Gasteiger partial charge in [-0.25, -0.2) is 0 Å². The minimum Gasteiger partial charge on any atom is -0.487 e. The topological polar surface area (TPSA) is 76.3 Å². The fourth-order valence-electron chi connectivity index (χ4n) is 2.60. The number of halogens is 2. The molecule has 4 rings (SSSR count). The van der Waals surface area contributed by atoms with E-state index in [0.717, 1.165) is 23.8 Å². The van der Waals surface area contributed by atoms with Crippen LogP contribution >= 0.6 is 0 Å². The third-order valence-corrected chi connectivity index (χ3v) is 3.97. The van der Waals surface area contributed by atoms with Crippen molar-refractivity contribution in [1.29, 1.82) is 0 Å². The predicted molar refractivity (Wildman–Crippen MR) is 90.2 cm³/mol. The zero-order chi connectivity index (χ0) is 18.1.